The molecule has 0 aliphatic carbocycles. The Balaban J connectivity index is 1.89. The lowest BCUT2D eigenvalue weighted by molar-refractivity contribution is 0.0914. The molecule has 0 radical (unpaired) electrons. The molecule has 1 amide bonds. The van der Waals surface area contributed by atoms with E-state index in [-0.39, 0.29) is 17.7 Å². The van der Waals surface area contributed by atoms with Gasteiger partial charge in [0.2, 0.25) is 0 Å². The number of piperidine rings is 1. The second-order valence-corrected chi connectivity index (χ2v) is 5.18. The Hall–Kier alpha value is -2.06. The van der Waals surface area contributed by atoms with Crippen LogP contribution in [0.5, 0.6) is 5.75 Å². The van der Waals surface area contributed by atoms with Crippen LogP contribution in [-0.2, 0) is 0 Å². The molecule has 0 spiro atoms. The summed E-state index contributed by atoms with van der Waals surface area (Å²) in [6.07, 6.45) is 1.70. The smallest absolute Gasteiger partial charge is 0.251 e. The standard InChI is InChI=1S/C15H19N3O2/c1-11-2-3-12(10-14(11)19)15(20)17-13-4-7-18(8-5-13)9-6-16/h2-3,10,13,19H,4-5,7-9H2,1H3,(H,17,20). The average Bonchev–Trinajstić information content (AvgIpc) is 2.44. The van der Waals surface area contributed by atoms with Gasteiger partial charge in [0.05, 0.1) is 12.6 Å². The number of benzene rings is 1. The third-order valence-corrected chi connectivity index (χ3v) is 3.69. The van der Waals surface area contributed by atoms with E-state index < -0.39 is 0 Å². The molecule has 20 heavy (non-hydrogen) atoms. The van der Waals surface area contributed by atoms with Crippen LogP contribution in [0.3, 0.4) is 0 Å². The zero-order valence-corrected chi connectivity index (χ0v) is 11.6. The summed E-state index contributed by atoms with van der Waals surface area (Å²) in [5, 5.41) is 21.3. The Labute approximate surface area is 118 Å². The van der Waals surface area contributed by atoms with Crippen LogP contribution in [0.25, 0.3) is 0 Å². The van der Waals surface area contributed by atoms with E-state index >= 15 is 0 Å². The molecule has 2 N–H and O–H groups in total. The van der Waals surface area contributed by atoms with Crippen molar-refractivity contribution in [2.75, 3.05) is 19.6 Å². The van der Waals surface area contributed by atoms with Gasteiger partial charge in [0.1, 0.15) is 5.75 Å². The molecule has 106 valence electrons. The monoisotopic (exact) mass is 273 g/mol. The molecule has 1 aromatic rings. The molecular formula is C15H19N3O2. The predicted molar refractivity (Wildman–Crippen MR) is 75.4 cm³/mol. The van der Waals surface area contributed by atoms with Gasteiger partial charge >= 0.3 is 0 Å². The Morgan fingerprint density at radius 2 is 2.20 bits per heavy atom. The van der Waals surface area contributed by atoms with E-state index in [1.807, 2.05) is 0 Å². The second kappa shape index (κ2) is 6.40. The molecule has 0 atom stereocenters. The van der Waals surface area contributed by atoms with Crippen LogP contribution >= 0.6 is 0 Å². The summed E-state index contributed by atoms with van der Waals surface area (Å²) in [6.45, 7) is 3.91. The molecular weight excluding hydrogens is 254 g/mol. The highest BCUT2D eigenvalue weighted by Crippen LogP contribution is 2.18. The minimum atomic E-state index is -0.154. The van der Waals surface area contributed by atoms with Gasteiger partial charge in [-0.2, -0.15) is 5.26 Å². The molecule has 0 saturated carbocycles. The average molecular weight is 273 g/mol. The van der Waals surface area contributed by atoms with E-state index in [1.54, 1.807) is 19.1 Å². The largest absolute Gasteiger partial charge is 0.508 e. The fourth-order valence-electron chi connectivity index (χ4n) is 2.35. The maximum absolute atomic E-state index is 12.1. The molecule has 5 nitrogen and oxygen atoms in total. The summed E-state index contributed by atoms with van der Waals surface area (Å²) < 4.78 is 0. The molecule has 1 aliphatic heterocycles. The zero-order valence-electron chi connectivity index (χ0n) is 11.6. The third kappa shape index (κ3) is 3.49. The van der Waals surface area contributed by atoms with Crippen molar-refractivity contribution in [1.29, 1.82) is 5.26 Å². The van der Waals surface area contributed by atoms with E-state index in [0.717, 1.165) is 31.5 Å². The highest BCUT2D eigenvalue weighted by Gasteiger charge is 2.21. The van der Waals surface area contributed by atoms with Gasteiger partial charge in [-0.1, -0.05) is 6.07 Å². The van der Waals surface area contributed by atoms with Crippen LogP contribution < -0.4 is 5.32 Å². The highest BCUT2D eigenvalue weighted by molar-refractivity contribution is 5.94. The number of rotatable bonds is 3. The van der Waals surface area contributed by atoms with Crippen molar-refractivity contribution in [2.24, 2.45) is 0 Å². The van der Waals surface area contributed by atoms with E-state index in [9.17, 15) is 9.90 Å². The third-order valence-electron chi connectivity index (χ3n) is 3.69. The number of phenols is 1. The van der Waals surface area contributed by atoms with Crippen LogP contribution in [-0.4, -0.2) is 41.6 Å². The van der Waals surface area contributed by atoms with E-state index in [4.69, 9.17) is 5.26 Å². The van der Waals surface area contributed by atoms with Gasteiger partial charge in [-0.15, -0.1) is 0 Å². The number of aryl methyl sites for hydroxylation is 1. The number of hydrogen-bond donors (Lipinski definition) is 2. The Morgan fingerprint density at radius 3 is 2.80 bits per heavy atom. The molecule has 1 fully saturated rings. The van der Waals surface area contributed by atoms with Crippen molar-refractivity contribution in [2.45, 2.75) is 25.8 Å². The van der Waals surface area contributed by atoms with Crippen molar-refractivity contribution in [3.63, 3.8) is 0 Å². The number of nitrogens with one attached hydrogen (secondary N) is 1. The molecule has 0 aromatic heterocycles. The van der Waals surface area contributed by atoms with Crippen LogP contribution in [0.4, 0.5) is 0 Å². The maximum atomic E-state index is 12.1. The Bertz CT molecular complexity index is 528. The number of nitriles is 1. The lowest BCUT2D eigenvalue weighted by Crippen LogP contribution is -2.44. The Kier molecular flexibility index (Phi) is 4.59. The summed E-state index contributed by atoms with van der Waals surface area (Å²) in [4.78, 5) is 14.2. The first-order chi connectivity index (χ1) is 9.60. The molecule has 1 saturated heterocycles. The number of likely N-dealkylation sites (tertiary alicyclic amines) is 1. The molecule has 1 aliphatic rings. The van der Waals surface area contributed by atoms with Gasteiger partial charge in [-0.3, -0.25) is 9.69 Å². The van der Waals surface area contributed by atoms with Gasteiger partial charge in [-0.25, -0.2) is 0 Å². The minimum Gasteiger partial charge on any atom is -0.508 e. The Morgan fingerprint density at radius 1 is 1.50 bits per heavy atom. The van der Waals surface area contributed by atoms with Crippen molar-refractivity contribution in [1.82, 2.24) is 10.2 Å². The van der Waals surface area contributed by atoms with Crippen LogP contribution in [0.2, 0.25) is 0 Å². The number of aromatic hydroxyl groups is 1. The fourth-order valence-corrected chi connectivity index (χ4v) is 2.35. The quantitative estimate of drug-likeness (QED) is 0.817. The van der Waals surface area contributed by atoms with Crippen molar-refractivity contribution in [3.05, 3.63) is 29.3 Å². The summed E-state index contributed by atoms with van der Waals surface area (Å²) in [6, 6.07) is 7.23. The fraction of sp³-hybridized carbons (Fsp3) is 0.467. The van der Waals surface area contributed by atoms with E-state index in [2.05, 4.69) is 16.3 Å². The summed E-state index contributed by atoms with van der Waals surface area (Å²) in [7, 11) is 0. The lowest BCUT2D eigenvalue weighted by Gasteiger charge is -2.30. The van der Waals surface area contributed by atoms with Gasteiger partial charge < -0.3 is 10.4 Å². The van der Waals surface area contributed by atoms with Crippen molar-refractivity contribution >= 4 is 5.91 Å². The van der Waals surface area contributed by atoms with E-state index in [0.29, 0.717) is 12.1 Å². The topological polar surface area (TPSA) is 76.4 Å². The van der Waals surface area contributed by atoms with Gasteiger partial charge in [0.25, 0.3) is 5.91 Å². The number of phenolic OH excluding ortho intramolecular Hbond substituents is 1. The predicted octanol–water partition coefficient (Wildman–Crippen LogP) is 1.42. The molecule has 5 heteroatoms. The highest BCUT2D eigenvalue weighted by atomic mass is 16.3. The zero-order chi connectivity index (χ0) is 14.5. The van der Waals surface area contributed by atoms with Crippen LogP contribution in [0.1, 0.15) is 28.8 Å². The number of hydrogen-bond acceptors (Lipinski definition) is 4. The van der Waals surface area contributed by atoms with Crippen molar-refractivity contribution < 1.29 is 9.90 Å². The molecule has 1 aromatic carbocycles. The molecule has 2 rings (SSSR count). The first kappa shape index (κ1) is 14.4. The summed E-state index contributed by atoms with van der Waals surface area (Å²) >= 11 is 0. The molecule has 0 unspecified atom stereocenters. The SMILES string of the molecule is Cc1ccc(C(=O)NC2CCN(CC#N)CC2)cc1O. The van der Waals surface area contributed by atoms with Gasteiger partial charge in [0, 0.05) is 24.7 Å². The van der Waals surface area contributed by atoms with Crippen LogP contribution in [0.15, 0.2) is 18.2 Å². The lowest BCUT2D eigenvalue weighted by atomic mass is 10.0. The van der Waals surface area contributed by atoms with Crippen molar-refractivity contribution in [3.8, 4) is 11.8 Å². The second-order valence-electron chi connectivity index (χ2n) is 5.18. The number of carbonyl (C=O) groups is 1. The van der Waals surface area contributed by atoms with Crippen LogP contribution in [0, 0.1) is 18.3 Å². The number of nitrogens with zero attached hydrogens (tertiary/aromatic N) is 2. The van der Waals surface area contributed by atoms with Gasteiger partial charge in [0.15, 0.2) is 0 Å². The minimum absolute atomic E-state index is 0.140. The summed E-state index contributed by atoms with van der Waals surface area (Å²) in [5.41, 5.74) is 1.24. The number of amides is 1. The first-order valence-corrected chi connectivity index (χ1v) is 6.80. The maximum Gasteiger partial charge on any atom is 0.251 e. The number of carbonyl (C=O) groups excluding carboxylic acids is 1. The molecule has 1 heterocycles. The normalized spacial score (nSPS) is 16.6. The van der Waals surface area contributed by atoms with Gasteiger partial charge in [-0.05, 0) is 37.5 Å². The van der Waals surface area contributed by atoms with E-state index in [1.165, 1.54) is 6.07 Å². The first-order valence-electron chi connectivity index (χ1n) is 6.80. The molecule has 0 bridgehead atoms. The summed E-state index contributed by atoms with van der Waals surface area (Å²) in [5.74, 6) is -0.0134.